The zero-order valence-electron chi connectivity index (χ0n) is 7.45. The number of carbonyl (C=O) groups is 1. The molecule has 0 saturated carbocycles. The van der Waals surface area contributed by atoms with Crippen molar-refractivity contribution < 1.29 is 10.0 Å². The molecule has 0 saturated heterocycles. The van der Waals surface area contributed by atoms with Crippen LogP contribution < -0.4 is 5.73 Å². The number of amides is 1. The van der Waals surface area contributed by atoms with Gasteiger partial charge in [0.15, 0.2) is 0 Å². The van der Waals surface area contributed by atoms with Gasteiger partial charge in [-0.15, -0.1) is 0 Å². The number of hydrogen-bond donors (Lipinski definition) is 2. The third kappa shape index (κ3) is 3.23. The molecule has 0 bridgehead atoms. The molecule has 0 unspecified atom stereocenters. The van der Waals surface area contributed by atoms with Crippen molar-refractivity contribution in [3.05, 3.63) is 0 Å². The first-order valence-corrected chi connectivity index (χ1v) is 3.89. The molecule has 0 aromatic heterocycles. The maximum Gasteiger partial charge on any atom is 0.230 e. The Morgan fingerprint density at radius 1 is 1.50 bits per heavy atom. The van der Waals surface area contributed by atoms with E-state index < -0.39 is 0 Å². The highest BCUT2D eigenvalue weighted by atomic mass is 16.4. The summed E-state index contributed by atoms with van der Waals surface area (Å²) in [6.07, 6.45) is -0.0157. The standard InChI is InChI=1S/C7H15N3O2/c1-3-10(4-2)7(11)5-6(8)9-12/h12H,3-5H2,1-2H3,(H2,8,9). The molecule has 5 nitrogen and oxygen atoms in total. The molecule has 3 N–H and O–H groups in total. The van der Waals surface area contributed by atoms with Gasteiger partial charge in [0.1, 0.15) is 5.84 Å². The van der Waals surface area contributed by atoms with Gasteiger partial charge in [-0.25, -0.2) is 0 Å². The lowest BCUT2D eigenvalue weighted by Crippen LogP contribution is -2.33. The molecule has 5 heteroatoms. The third-order valence-electron chi connectivity index (χ3n) is 1.58. The quantitative estimate of drug-likeness (QED) is 0.271. The Labute approximate surface area is 71.8 Å². The van der Waals surface area contributed by atoms with Gasteiger partial charge in [-0.05, 0) is 13.8 Å². The smallest absolute Gasteiger partial charge is 0.230 e. The van der Waals surface area contributed by atoms with Gasteiger partial charge in [-0.3, -0.25) is 4.79 Å². The van der Waals surface area contributed by atoms with E-state index in [-0.39, 0.29) is 18.2 Å². The highest BCUT2D eigenvalue weighted by molar-refractivity contribution is 5.98. The Kier molecular flexibility index (Phi) is 4.83. The van der Waals surface area contributed by atoms with E-state index >= 15 is 0 Å². The van der Waals surface area contributed by atoms with Crippen LogP contribution in [0.5, 0.6) is 0 Å². The number of carbonyl (C=O) groups excluding carboxylic acids is 1. The number of nitrogens with two attached hydrogens (primary N) is 1. The van der Waals surface area contributed by atoms with Crippen molar-refractivity contribution in [2.24, 2.45) is 10.9 Å². The molecule has 0 aromatic rings. The summed E-state index contributed by atoms with van der Waals surface area (Å²) in [5.41, 5.74) is 5.17. The monoisotopic (exact) mass is 173 g/mol. The second kappa shape index (κ2) is 5.40. The minimum absolute atomic E-state index is 0.0157. The summed E-state index contributed by atoms with van der Waals surface area (Å²) >= 11 is 0. The van der Waals surface area contributed by atoms with Crippen LogP contribution in [-0.4, -0.2) is 34.9 Å². The summed E-state index contributed by atoms with van der Waals surface area (Å²) in [6.45, 7) is 5.06. The van der Waals surface area contributed by atoms with Crippen LogP contribution in [0.3, 0.4) is 0 Å². The van der Waals surface area contributed by atoms with Crippen molar-refractivity contribution >= 4 is 11.7 Å². The topological polar surface area (TPSA) is 78.9 Å². The minimum Gasteiger partial charge on any atom is -0.409 e. The molecular weight excluding hydrogens is 158 g/mol. The average Bonchev–Trinajstić information content (AvgIpc) is 2.06. The fourth-order valence-corrected chi connectivity index (χ4v) is 0.878. The van der Waals surface area contributed by atoms with Crippen LogP contribution >= 0.6 is 0 Å². The van der Waals surface area contributed by atoms with Gasteiger partial charge in [-0.1, -0.05) is 5.16 Å². The molecule has 0 radical (unpaired) electrons. The molecule has 0 aliphatic heterocycles. The van der Waals surface area contributed by atoms with E-state index in [4.69, 9.17) is 10.9 Å². The average molecular weight is 173 g/mol. The van der Waals surface area contributed by atoms with Crippen LogP contribution in [0.2, 0.25) is 0 Å². The van der Waals surface area contributed by atoms with Crippen LogP contribution in [0.4, 0.5) is 0 Å². The molecule has 0 atom stereocenters. The van der Waals surface area contributed by atoms with Crippen molar-refractivity contribution in [3.63, 3.8) is 0 Å². The van der Waals surface area contributed by atoms with E-state index in [0.717, 1.165) is 0 Å². The van der Waals surface area contributed by atoms with E-state index in [0.29, 0.717) is 13.1 Å². The van der Waals surface area contributed by atoms with E-state index in [1.807, 2.05) is 13.8 Å². The number of hydrogen-bond acceptors (Lipinski definition) is 3. The molecule has 0 aromatic carbocycles. The summed E-state index contributed by atoms with van der Waals surface area (Å²) in [7, 11) is 0. The summed E-state index contributed by atoms with van der Waals surface area (Å²) in [6, 6.07) is 0. The largest absolute Gasteiger partial charge is 0.409 e. The molecule has 0 aliphatic rings. The van der Waals surface area contributed by atoms with E-state index in [2.05, 4.69) is 5.16 Å². The predicted molar refractivity (Wildman–Crippen MR) is 46.0 cm³/mol. The van der Waals surface area contributed by atoms with Crippen molar-refractivity contribution in [1.82, 2.24) is 4.90 Å². The predicted octanol–water partition coefficient (Wildman–Crippen LogP) is -0.00870. The van der Waals surface area contributed by atoms with Crippen molar-refractivity contribution in [3.8, 4) is 0 Å². The zero-order valence-corrected chi connectivity index (χ0v) is 7.45. The Morgan fingerprint density at radius 2 is 2.00 bits per heavy atom. The Morgan fingerprint density at radius 3 is 2.33 bits per heavy atom. The number of oxime groups is 1. The van der Waals surface area contributed by atoms with Gasteiger partial charge >= 0.3 is 0 Å². The van der Waals surface area contributed by atoms with Crippen LogP contribution in [-0.2, 0) is 4.79 Å². The number of amidine groups is 1. The first-order chi connectivity index (χ1) is 5.65. The SMILES string of the molecule is CCN(CC)C(=O)C/C(N)=N/O. The number of nitrogens with zero attached hydrogens (tertiary/aromatic N) is 2. The fourth-order valence-electron chi connectivity index (χ4n) is 0.878. The highest BCUT2D eigenvalue weighted by Gasteiger charge is 2.10. The molecule has 70 valence electrons. The van der Waals surface area contributed by atoms with Gasteiger partial charge in [0.25, 0.3) is 0 Å². The van der Waals surface area contributed by atoms with Crippen molar-refractivity contribution in [1.29, 1.82) is 0 Å². The molecule has 0 fully saturated rings. The Balaban J connectivity index is 4.01. The van der Waals surface area contributed by atoms with Gasteiger partial charge in [0.2, 0.25) is 5.91 Å². The second-order valence-electron chi connectivity index (χ2n) is 2.33. The molecule has 0 heterocycles. The molecule has 0 aliphatic carbocycles. The third-order valence-corrected chi connectivity index (χ3v) is 1.58. The zero-order chi connectivity index (χ0) is 9.56. The molecule has 12 heavy (non-hydrogen) atoms. The molecule has 0 spiro atoms. The van der Waals surface area contributed by atoms with Crippen LogP contribution in [0.15, 0.2) is 5.16 Å². The first-order valence-electron chi connectivity index (χ1n) is 3.89. The fraction of sp³-hybridized carbons (Fsp3) is 0.714. The van der Waals surface area contributed by atoms with Gasteiger partial charge < -0.3 is 15.8 Å². The van der Waals surface area contributed by atoms with Crippen LogP contribution in [0, 0.1) is 0 Å². The molecule has 0 rings (SSSR count). The normalized spacial score (nSPS) is 11.3. The maximum atomic E-state index is 11.2. The Hall–Kier alpha value is -1.26. The summed E-state index contributed by atoms with van der Waals surface area (Å²) in [5, 5.41) is 10.9. The van der Waals surface area contributed by atoms with Gasteiger partial charge in [0.05, 0.1) is 6.42 Å². The van der Waals surface area contributed by atoms with Crippen molar-refractivity contribution in [2.45, 2.75) is 20.3 Å². The minimum atomic E-state index is -0.115. The molecular formula is C7H15N3O2. The van der Waals surface area contributed by atoms with E-state index in [9.17, 15) is 4.79 Å². The van der Waals surface area contributed by atoms with Crippen molar-refractivity contribution in [2.75, 3.05) is 13.1 Å². The lowest BCUT2D eigenvalue weighted by atomic mass is 10.3. The molecule has 1 amide bonds. The summed E-state index contributed by atoms with van der Waals surface area (Å²) in [4.78, 5) is 12.9. The van der Waals surface area contributed by atoms with E-state index in [1.165, 1.54) is 0 Å². The van der Waals surface area contributed by atoms with Crippen LogP contribution in [0.25, 0.3) is 0 Å². The number of rotatable bonds is 4. The van der Waals surface area contributed by atoms with Gasteiger partial charge in [-0.2, -0.15) is 0 Å². The van der Waals surface area contributed by atoms with E-state index in [1.54, 1.807) is 4.90 Å². The second-order valence-corrected chi connectivity index (χ2v) is 2.33. The summed E-state index contributed by atoms with van der Waals surface area (Å²) in [5.74, 6) is -0.165. The lowest BCUT2D eigenvalue weighted by Gasteiger charge is -2.17. The Bertz CT molecular complexity index is 175. The van der Waals surface area contributed by atoms with Crippen LogP contribution in [0.1, 0.15) is 20.3 Å². The highest BCUT2D eigenvalue weighted by Crippen LogP contribution is 1.93. The summed E-state index contributed by atoms with van der Waals surface area (Å²) < 4.78 is 0. The maximum absolute atomic E-state index is 11.2. The lowest BCUT2D eigenvalue weighted by molar-refractivity contribution is -0.129. The van der Waals surface area contributed by atoms with Gasteiger partial charge in [0, 0.05) is 13.1 Å². The first kappa shape index (κ1) is 10.7.